The van der Waals surface area contributed by atoms with Gasteiger partial charge in [-0.1, -0.05) is 42.5 Å². The summed E-state index contributed by atoms with van der Waals surface area (Å²) < 4.78 is 8.25. The van der Waals surface area contributed by atoms with Gasteiger partial charge in [-0.15, -0.1) is 0 Å². The maximum absolute atomic E-state index is 12.1. The molecule has 13 nitrogen and oxygen atoms in total. The van der Waals surface area contributed by atoms with Gasteiger partial charge in [-0.25, -0.2) is 19.4 Å². The highest BCUT2D eigenvalue weighted by Gasteiger charge is 2.30. The van der Waals surface area contributed by atoms with Crippen molar-refractivity contribution in [1.82, 2.24) is 34.4 Å². The SMILES string of the molecule is CC(=O)O.CN1CCN([C@H]2CC[C@@H](n3nc(-c4ccc(Oc5ccc(CN(Cc6ccccc6)C(N)=O)cc5)cc4)c4c(N)ncnc43)CC2)CC1. The average molecular weight is 706 g/mol. The van der Waals surface area contributed by atoms with Crippen molar-refractivity contribution in [2.45, 2.75) is 57.8 Å². The monoisotopic (exact) mass is 705 g/mol. The number of aromatic nitrogens is 4. The van der Waals surface area contributed by atoms with Gasteiger partial charge in [0.1, 0.15) is 29.3 Å². The van der Waals surface area contributed by atoms with Crippen molar-refractivity contribution >= 4 is 28.9 Å². The largest absolute Gasteiger partial charge is 0.481 e. The number of rotatable bonds is 9. The van der Waals surface area contributed by atoms with E-state index in [4.69, 9.17) is 31.2 Å². The zero-order valence-electron chi connectivity index (χ0n) is 29.8. The number of nitrogens with two attached hydrogens (primary N) is 2. The van der Waals surface area contributed by atoms with E-state index in [9.17, 15) is 4.79 Å². The zero-order valence-corrected chi connectivity index (χ0v) is 29.8. The van der Waals surface area contributed by atoms with Crippen LogP contribution in [0.25, 0.3) is 22.3 Å². The van der Waals surface area contributed by atoms with Crippen LogP contribution >= 0.6 is 0 Å². The second kappa shape index (κ2) is 16.7. The van der Waals surface area contributed by atoms with E-state index in [0.29, 0.717) is 36.4 Å². The van der Waals surface area contributed by atoms with Gasteiger partial charge in [0.15, 0.2) is 5.65 Å². The van der Waals surface area contributed by atoms with Gasteiger partial charge in [-0.3, -0.25) is 9.69 Å². The molecule has 13 heteroatoms. The fraction of sp³-hybridized carbons (Fsp3) is 0.359. The molecule has 0 atom stereocenters. The molecule has 2 amide bonds. The smallest absolute Gasteiger partial charge is 0.315 e. The highest BCUT2D eigenvalue weighted by atomic mass is 16.5. The van der Waals surface area contributed by atoms with Crippen LogP contribution in [0.1, 0.15) is 49.8 Å². The van der Waals surface area contributed by atoms with Crippen LogP contribution in [-0.2, 0) is 17.9 Å². The van der Waals surface area contributed by atoms with Crippen molar-refractivity contribution in [3.63, 3.8) is 0 Å². The summed E-state index contributed by atoms with van der Waals surface area (Å²) in [5.41, 5.74) is 16.6. The van der Waals surface area contributed by atoms with Crippen LogP contribution in [0.15, 0.2) is 85.2 Å². The molecule has 0 radical (unpaired) electrons. The van der Waals surface area contributed by atoms with Gasteiger partial charge in [0.05, 0.1) is 11.4 Å². The van der Waals surface area contributed by atoms with Crippen LogP contribution in [-0.4, -0.2) is 90.8 Å². The first-order valence-electron chi connectivity index (χ1n) is 17.7. The molecule has 52 heavy (non-hydrogen) atoms. The van der Waals surface area contributed by atoms with Crippen LogP contribution in [0.5, 0.6) is 11.5 Å². The van der Waals surface area contributed by atoms with Crippen molar-refractivity contribution in [2.24, 2.45) is 5.73 Å². The Morgan fingerprint density at radius 2 is 1.38 bits per heavy atom. The number of ether oxygens (including phenoxy) is 1. The first-order valence-corrected chi connectivity index (χ1v) is 17.7. The van der Waals surface area contributed by atoms with Crippen molar-refractivity contribution in [3.05, 3.63) is 96.3 Å². The number of fused-ring (bicyclic) bond motifs is 1. The van der Waals surface area contributed by atoms with E-state index < -0.39 is 12.0 Å². The average Bonchev–Trinajstić information content (AvgIpc) is 3.54. The van der Waals surface area contributed by atoms with Crippen LogP contribution in [0.2, 0.25) is 0 Å². The highest BCUT2D eigenvalue weighted by molar-refractivity contribution is 5.98. The Morgan fingerprint density at radius 1 is 0.827 bits per heavy atom. The molecule has 1 aliphatic heterocycles. The van der Waals surface area contributed by atoms with Gasteiger partial charge in [0.2, 0.25) is 0 Å². The van der Waals surface area contributed by atoms with Gasteiger partial charge >= 0.3 is 6.03 Å². The lowest BCUT2D eigenvalue weighted by atomic mass is 9.90. The number of carbonyl (C=O) groups excluding carboxylic acids is 1. The number of hydrogen-bond acceptors (Lipinski definition) is 9. The van der Waals surface area contributed by atoms with E-state index in [-0.39, 0.29) is 6.04 Å². The number of primary amides is 1. The Hall–Kier alpha value is -5.53. The van der Waals surface area contributed by atoms with Crippen LogP contribution in [0, 0.1) is 0 Å². The number of carbonyl (C=O) groups is 2. The molecule has 2 fully saturated rings. The van der Waals surface area contributed by atoms with E-state index in [2.05, 4.69) is 31.5 Å². The Kier molecular flexibility index (Phi) is 11.6. The molecule has 272 valence electrons. The number of aliphatic carboxylic acids is 1. The molecule has 1 saturated carbocycles. The Labute approximate surface area is 303 Å². The number of urea groups is 1. The topological polar surface area (TPSA) is 169 Å². The molecular formula is C39H47N9O4. The maximum Gasteiger partial charge on any atom is 0.315 e. The standard InChI is InChI=1S/C37H43N9O2.C2H4O2/c1-43-19-21-44(22-20-43)29-11-13-30(14-12-29)46-36-33(35(38)40-25-41-36)34(42-46)28-9-17-32(18-10-28)48-31-15-7-27(8-16-31)24-45(37(39)47)23-26-5-3-2-4-6-26;1-2(3)4/h2-10,15-18,25,29-30H,11-14,19-24H2,1H3,(H2,39,47)(H2,38,40,41);1H3,(H,3,4)/t29-,30+;. The lowest BCUT2D eigenvalue weighted by Gasteiger charge is -2.41. The number of benzene rings is 3. The Bertz CT molecular complexity index is 1930. The molecule has 3 heterocycles. The Morgan fingerprint density at radius 3 is 1.98 bits per heavy atom. The zero-order chi connectivity index (χ0) is 36.6. The number of hydrogen-bond donors (Lipinski definition) is 3. The van der Waals surface area contributed by atoms with E-state index in [0.717, 1.165) is 92.2 Å². The van der Waals surface area contributed by atoms with Gasteiger partial charge in [-0.05, 0) is 80.3 Å². The van der Waals surface area contributed by atoms with Crippen molar-refractivity contribution < 1.29 is 19.4 Å². The maximum atomic E-state index is 12.1. The Balaban J connectivity index is 0.00000110. The molecule has 0 spiro atoms. The molecular weight excluding hydrogens is 658 g/mol. The minimum absolute atomic E-state index is 0.276. The van der Waals surface area contributed by atoms with Crippen LogP contribution in [0.4, 0.5) is 10.6 Å². The lowest BCUT2D eigenvalue weighted by molar-refractivity contribution is -0.134. The van der Waals surface area contributed by atoms with Crippen LogP contribution in [0.3, 0.4) is 0 Å². The molecule has 7 rings (SSSR count). The molecule has 0 unspecified atom stereocenters. The quantitative estimate of drug-likeness (QED) is 0.171. The minimum atomic E-state index is -0.833. The third-order valence-electron chi connectivity index (χ3n) is 9.77. The fourth-order valence-electron chi connectivity index (χ4n) is 7.02. The first-order chi connectivity index (χ1) is 25.1. The third-order valence-corrected chi connectivity index (χ3v) is 9.77. The number of carboxylic acids is 1. The molecule has 3 aromatic carbocycles. The number of amides is 2. The number of nitrogens with zero attached hydrogens (tertiary/aromatic N) is 7. The number of carboxylic acid groups (broad SMARTS) is 1. The number of likely N-dealkylation sites (N-methyl/N-ethyl adjacent to an activating group) is 1. The second-order valence-electron chi connectivity index (χ2n) is 13.5. The summed E-state index contributed by atoms with van der Waals surface area (Å²) in [7, 11) is 2.21. The third kappa shape index (κ3) is 9.03. The molecule has 2 aromatic heterocycles. The summed E-state index contributed by atoms with van der Waals surface area (Å²) in [4.78, 5) is 36.8. The van der Waals surface area contributed by atoms with E-state index >= 15 is 0 Å². The predicted molar refractivity (Wildman–Crippen MR) is 201 cm³/mol. The number of piperazine rings is 1. The van der Waals surface area contributed by atoms with E-state index in [1.54, 1.807) is 4.90 Å². The molecule has 5 aromatic rings. The molecule has 0 bridgehead atoms. The summed E-state index contributed by atoms with van der Waals surface area (Å²) in [5.74, 6) is 0.996. The van der Waals surface area contributed by atoms with Crippen LogP contribution < -0.4 is 16.2 Å². The number of anilines is 1. The van der Waals surface area contributed by atoms with Crippen molar-refractivity contribution in [2.75, 3.05) is 39.0 Å². The normalized spacial score (nSPS) is 18.0. The molecule has 1 saturated heterocycles. The first kappa shape index (κ1) is 36.3. The summed E-state index contributed by atoms with van der Waals surface area (Å²) in [6.45, 7) is 6.54. The van der Waals surface area contributed by atoms with Gasteiger partial charge in [-0.2, -0.15) is 5.10 Å². The van der Waals surface area contributed by atoms with Gasteiger partial charge in [0.25, 0.3) is 5.97 Å². The lowest BCUT2D eigenvalue weighted by Crippen LogP contribution is -2.49. The van der Waals surface area contributed by atoms with Crippen molar-refractivity contribution in [1.29, 1.82) is 0 Å². The molecule has 1 aliphatic carbocycles. The van der Waals surface area contributed by atoms with E-state index in [1.807, 2.05) is 78.9 Å². The van der Waals surface area contributed by atoms with Crippen molar-refractivity contribution in [3.8, 4) is 22.8 Å². The summed E-state index contributed by atoms with van der Waals surface area (Å²) in [6, 6.07) is 25.8. The predicted octanol–water partition coefficient (Wildman–Crippen LogP) is 5.77. The highest BCUT2D eigenvalue weighted by Crippen LogP contribution is 2.37. The van der Waals surface area contributed by atoms with E-state index in [1.165, 1.54) is 6.33 Å². The summed E-state index contributed by atoms with van der Waals surface area (Å²) >= 11 is 0. The minimum Gasteiger partial charge on any atom is -0.481 e. The second-order valence-corrected chi connectivity index (χ2v) is 13.5. The number of nitrogen functional groups attached to an aromatic ring is 1. The fourth-order valence-corrected chi connectivity index (χ4v) is 7.02. The molecule has 5 N–H and O–H groups in total. The molecule has 2 aliphatic rings. The van der Waals surface area contributed by atoms with Gasteiger partial charge < -0.3 is 31.1 Å². The summed E-state index contributed by atoms with van der Waals surface area (Å²) in [5, 5.41) is 13.3. The summed E-state index contributed by atoms with van der Waals surface area (Å²) in [6.07, 6.45) is 5.99. The van der Waals surface area contributed by atoms with Gasteiger partial charge in [0, 0.05) is 57.8 Å².